The van der Waals surface area contributed by atoms with Gasteiger partial charge >= 0.3 is 6.09 Å². The molecule has 110 valence electrons. The lowest BCUT2D eigenvalue weighted by atomic mass is 10.2. The minimum absolute atomic E-state index is 0.174. The van der Waals surface area contributed by atoms with E-state index in [1.807, 2.05) is 27.7 Å². The van der Waals surface area contributed by atoms with Crippen LogP contribution in [0.15, 0.2) is 12.3 Å². The van der Waals surface area contributed by atoms with Crippen molar-refractivity contribution in [2.45, 2.75) is 39.7 Å². The van der Waals surface area contributed by atoms with E-state index < -0.39 is 11.7 Å². The van der Waals surface area contributed by atoms with E-state index in [0.29, 0.717) is 18.7 Å². The fourth-order valence-electron chi connectivity index (χ4n) is 2.15. The van der Waals surface area contributed by atoms with Crippen LogP contribution in [-0.2, 0) is 4.74 Å². The molecular formula is C14H21N3O3. The van der Waals surface area contributed by atoms with Crippen molar-refractivity contribution in [1.82, 2.24) is 15.0 Å². The topological polar surface area (TPSA) is 65.6 Å². The van der Waals surface area contributed by atoms with Gasteiger partial charge < -0.3 is 9.72 Å². The first-order valence-corrected chi connectivity index (χ1v) is 6.76. The first-order chi connectivity index (χ1) is 9.29. The van der Waals surface area contributed by atoms with Gasteiger partial charge in [-0.05, 0) is 40.2 Å². The average Bonchev–Trinajstić information content (AvgIpc) is 2.93. The van der Waals surface area contributed by atoms with Crippen LogP contribution in [0.1, 0.15) is 43.2 Å². The predicted octanol–water partition coefficient (Wildman–Crippen LogP) is 2.32. The summed E-state index contributed by atoms with van der Waals surface area (Å²) in [6.45, 7) is 8.30. The number of aromatic nitrogens is 1. The molecule has 2 amide bonds. The Morgan fingerprint density at radius 2 is 1.90 bits per heavy atom. The summed E-state index contributed by atoms with van der Waals surface area (Å²) in [5.41, 5.74) is 0.810. The molecule has 1 aromatic heterocycles. The van der Waals surface area contributed by atoms with Crippen LogP contribution >= 0.6 is 0 Å². The Hall–Kier alpha value is -1.98. The third-order valence-corrected chi connectivity index (χ3v) is 3.05. The van der Waals surface area contributed by atoms with Crippen LogP contribution in [0, 0.1) is 6.92 Å². The monoisotopic (exact) mass is 279 g/mol. The molecule has 0 aromatic carbocycles. The van der Waals surface area contributed by atoms with Crippen LogP contribution in [0.3, 0.4) is 0 Å². The van der Waals surface area contributed by atoms with Crippen molar-refractivity contribution in [3.05, 3.63) is 23.5 Å². The highest BCUT2D eigenvalue weighted by atomic mass is 16.6. The molecule has 1 aliphatic rings. The van der Waals surface area contributed by atoms with Gasteiger partial charge in [-0.1, -0.05) is 0 Å². The summed E-state index contributed by atoms with van der Waals surface area (Å²) in [5.74, 6) is -0.174. The summed E-state index contributed by atoms with van der Waals surface area (Å²) in [6, 6.07) is 1.73. The average molecular weight is 279 g/mol. The number of H-pyrrole nitrogens is 1. The lowest BCUT2D eigenvalue weighted by Gasteiger charge is -2.30. The Kier molecular flexibility index (Phi) is 3.74. The minimum Gasteiger partial charge on any atom is -0.442 e. The summed E-state index contributed by atoms with van der Waals surface area (Å²) in [7, 11) is 0. The van der Waals surface area contributed by atoms with Gasteiger partial charge in [0, 0.05) is 25.0 Å². The van der Waals surface area contributed by atoms with E-state index in [9.17, 15) is 9.59 Å². The molecule has 1 fully saturated rings. The van der Waals surface area contributed by atoms with E-state index in [-0.39, 0.29) is 5.91 Å². The van der Waals surface area contributed by atoms with Gasteiger partial charge in [0.15, 0.2) is 0 Å². The van der Waals surface area contributed by atoms with Gasteiger partial charge in [-0.15, -0.1) is 0 Å². The molecule has 0 saturated carbocycles. The molecule has 0 bridgehead atoms. The molecule has 2 heterocycles. The Bertz CT molecular complexity index is 516. The molecule has 0 aliphatic carbocycles. The summed E-state index contributed by atoms with van der Waals surface area (Å²) in [4.78, 5) is 27.6. The number of aromatic amines is 1. The second kappa shape index (κ2) is 5.19. The van der Waals surface area contributed by atoms with Gasteiger partial charge in [-0.3, -0.25) is 4.79 Å². The van der Waals surface area contributed by atoms with Gasteiger partial charge in [-0.25, -0.2) is 14.8 Å². The Balaban J connectivity index is 2.13. The molecule has 1 aromatic rings. The molecule has 6 heteroatoms. The van der Waals surface area contributed by atoms with E-state index in [0.717, 1.165) is 12.1 Å². The van der Waals surface area contributed by atoms with Crippen LogP contribution in [0.4, 0.5) is 4.79 Å². The van der Waals surface area contributed by atoms with Crippen molar-refractivity contribution in [2.75, 3.05) is 13.1 Å². The highest BCUT2D eigenvalue weighted by Gasteiger charge is 2.34. The van der Waals surface area contributed by atoms with Crippen LogP contribution in [0.5, 0.6) is 0 Å². The van der Waals surface area contributed by atoms with E-state index in [1.165, 1.54) is 10.0 Å². The zero-order valence-electron chi connectivity index (χ0n) is 12.4. The Labute approximate surface area is 118 Å². The summed E-state index contributed by atoms with van der Waals surface area (Å²) in [6.07, 6.45) is 2.00. The van der Waals surface area contributed by atoms with Gasteiger partial charge in [0.1, 0.15) is 5.60 Å². The fourth-order valence-corrected chi connectivity index (χ4v) is 2.15. The molecule has 1 aliphatic heterocycles. The molecule has 0 spiro atoms. The fraction of sp³-hybridized carbons (Fsp3) is 0.571. The van der Waals surface area contributed by atoms with Crippen LogP contribution in [0.2, 0.25) is 0 Å². The SMILES string of the molecule is Cc1[nH]ccc1C(=O)N1CCCN1C(=O)OC(C)(C)C. The van der Waals surface area contributed by atoms with Gasteiger partial charge in [0.05, 0.1) is 5.56 Å². The molecule has 20 heavy (non-hydrogen) atoms. The molecular weight excluding hydrogens is 258 g/mol. The number of hydrogen-bond acceptors (Lipinski definition) is 3. The van der Waals surface area contributed by atoms with Gasteiger partial charge in [0.25, 0.3) is 5.91 Å². The normalized spacial score (nSPS) is 15.6. The highest BCUT2D eigenvalue weighted by molar-refractivity contribution is 5.96. The second-order valence-electron chi connectivity index (χ2n) is 5.90. The van der Waals surface area contributed by atoms with Crippen molar-refractivity contribution in [1.29, 1.82) is 0 Å². The van der Waals surface area contributed by atoms with E-state index in [2.05, 4.69) is 4.98 Å². The van der Waals surface area contributed by atoms with E-state index in [4.69, 9.17) is 4.74 Å². The largest absolute Gasteiger partial charge is 0.442 e. The molecule has 0 unspecified atom stereocenters. The summed E-state index contributed by atoms with van der Waals surface area (Å²) < 4.78 is 5.33. The minimum atomic E-state index is -0.571. The molecule has 0 radical (unpaired) electrons. The number of rotatable bonds is 1. The zero-order valence-corrected chi connectivity index (χ0v) is 12.4. The smallest absolute Gasteiger partial charge is 0.429 e. The van der Waals surface area contributed by atoms with Crippen LogP contribution < -0.4 is 0 Å². The third kappa shape index (κ3) is 2.95. The third-order valence-electron chi connectivity index (χ3n) is 3.05. The standard InChI is InChI=1S/C14H21N3O3/c1-10-11(6-7-15-10)12(18)16-8-5-9-17(16)13(19)20-14(2,3)4/h6-7,15H,5,8-9H2,1-4H3. The maximum absolute atomic E-state index is 12.5. The number of aryl methyl sites for hydroxylation is 1. The number of hydrazine groups is 1. The maximum Gasteiger partial charge on any atom is 0.429 e. The van der Waals surface area contributed by atoms with Crippen molar-refractivity contribution < 1.29 is 14.3 Å². The summed E-state index contributed by atoms with van der Waals surface area (Å²) in [5, 5.41) is 2.85. The molecule has 6 nitrogen and oxygen atoms in total. The number of hydrogen-bond donors (Lipinski definition) is 1. The van der Waals surface area contributed by atoms with Crippen LogP contribution in [-0.4, -0.2) is 45.7 Å². The summed E-state index contributed by atoms with van der Waals surface area (Å²) >= 11 is 0. The Morgan fingerprint density at radius 3 is 2.45 bits per heavy atom. The molecule has 0 atom stereocenters. The first-order valence-electron chi connectivity index (χ1n) is 6.76. The van der Waals surface area contributed by atoms with E-state index >= 15 is 0 Å². The molecule has 2 rings (SSSR count). The van der Waals surface area contributed by atoms with Crippen LogP contribution in [0.25, 0.3) is 0 Å². The quantitative estimate of drug-likeness (QED) is 0.858. The highest BCUT2D eigenvalue weighted by Crippen LogP contribution is 2.19. The number of carbonyl (C=O) groups is 2. The van der Waals surface area contributed by atoms with Crippen molar-refractivity contribution >= 4 is 12.0 Å². The Morgan fingerprint density at radius 1 is 1.25 bits per heavy atom. The predicted molar refractivity (Wildman–Crippen MR) is 74.1 cm³/mol. The lowest BCUT2D eigenvalue weighted by molar-refractivity contribution is -0.0193. The molecule has 1 N–H and O–H groups in total. The second-order valence-corrected chi connectivity index (χ2v) is 5.90. The van der Waals surface area contributed by atoms with Crippen molar-refractivity contribution in [2.24, 2.45) is 0 Å². The molecule has 1 saturated heterocycles. The number of amides is 2. The number of ether oxygens (including phenoxy) is 1. The maximum atomic E-state index is 12.5. The lowest BCUT2D eigenvalue weighted by Crippen LogP contribution is -2.47. The number of nitrogens with one attached hydrogen (secondary N) is 1. The first kappa shape index (κ1) is 14.4. The zero-order chi connectivity index (χ0) is 14.9. The van der Waals surface area contributed by atoms with Crippen molar-refractivity contribution in [3.63, 3.8) is 0 Å². The van der Waals surface area contributed by atoms with Gasteiger partial charge in [0.2, 0.25) is 0 Å². The van der Waals surface area contributed by atoms with Gasteiger partial charge in [-0.2, -0.15) is 0 Å². The van der Waals surface area contributed by atoms with Crippen molar-refractivity contribution in [3.8, 4) is 0 Å². The number of nitrogens with zero attached hydrogens (tertiary/aromatic N) is 2. The number of carbonyl (C=O) groups excluding carboxylic acids is 2. The van der Waals surface area contributed by atoms with E-state index in [1.54, 1.807) is 12.3 Å².